The van der Waals surface area contributed by atoms with Crippen LogP contribution in [0.5, 0.6) is 0 Å². The van der Waals surface area contributed by atoms with Crippen LogP contribution in [-0.2, 0) is 28.2 Å². The SMILES string of the molecule is Cn1c(CCNC(=O)c2ccc(S(=O)(=O)NCC3CCCO3)cc2)n[nH]c1=S. The van der Waals surface area contributed by atoms with Crippen LogP contribution in [0.3, 0.4) is 0 Å². The predicted molar refractivity (Wildman–Crippen MR) is 105 cm³/mol. The van der Waals surface area contributed by atoms with Gasteiger partial charge in [0.15, 0.2) is 4.77 Å². The van der Waals surface area contributed by atoms with Crippen molar-refractivity contribution in [3.8, 4) is 0 Å². The molecule has 1 aromatic carbocycles. The summed E-state index contributed by atoms with van der Waals surface area (Å²) in [5.74, 6) is 0.456. The third-order valence-electron chi connectivity index (χ3n) is 4.56. The van der Waals surface area contributed by atoms with Crippen molar-refractivity contribution >= 4 is 28.1 Å². The molecule has 9 nitrogen and oxygen atoms in total. The zero-order valence-corrected chi connectivity index (χ0v) is 17.1. The van der Waals surface area contributed by atoms with Gasteiger partial charge in [-0.3, -0.25) is 9.89 Å². The van der Waals surface area contributed by atoms with Gasteiger partial charge in [-0.1, -0.05) is 0 Å². The van der Waals surface area contributed by atoms with Gasteiger partial charge in [0, 0.05) is 38.7 Å². The van der Waals surface area contributed by atoms with E-state index in [4.69, 9.17) is 17.0 Å². The first-order valence-electron chi connectivity index (χ1n) is 8.96. The van der Waals surface area contributed by atoms with E-state index in [-0.39, 0.29) is 23.5 Å². The lowest BCUT2D eigenvalue weighted by atomic mass is 10.2. The number of carbonyl (C=O) groups excluding carboxylic acids is 1. The topological polar surface area (TPSA) is 118 Å². The van der Waals surface area contributed by atoms with Crippen LogP contribution in [0.2, 0.25) is 0 Å². The van der Waals surface area contributed by atoms with Gasteiger partial charge < -0.3 is 14.6 Å². The quantitative estimate of drug-likeness (QED) is 0.541. The maximum Gasteiger partial charge on any atom is 0.251 e. The number of amides is 1. The van der Waals surface area contributed by atoms with E-state index in [1.807, 2.05) is 0 Å². The van der Waals surface area contributed by atoms with Crippen LogP contribution in [0.4, 0.5) is 0 Å². The first-order valence-corrected chi connectivity index (χ1v) is 10.9. The fraction of sp³-hybridized carbons (Fsp3) is 0.471. The maximum absolute atomic E-state index is 12.3. The summed E-state index contributed by atoms with van der Waals surface area (Å²) >= 11 is 5.04. The van der Waals surface area contributed by atoms with Crippen LogP contribution < -0.4 is 10.0 Å². The number of aromatic nitrogens is 3. The Bertz CT molecular complexity index is 976. The summed E-state index contributed by atoms with van der Waals surface area (Å²) in [6.45, 7) is 1.31. The second-order valence-electron chi connectivity index (χ2n) is 6.52. The van der Waals surface area contributed by atoms with E-state index < -0.39 is 10.0 Å². The highest BCUT2D eigenvalue weighted by Crippen LogP contribution is 2.14. The minimum absolute atomic E-state index is 0.0760. The molecule has 0 spiro atoms. The molecule has 1 fully saturated rings. The number of benzene rings is 1. The monoisotopic (exact) mass is 425 g/mol. The molecule has 1 aliphatic rings. The van der Waals surface area contributed by atoms with Crippen molar-refractivity contribution in [2.75, 3.05) is 19.7 Å². The average Bonchev–Trinajstić information content (AvgIpc) is 3.32. The lowest BCUT2D eigenvalue weighted by Crippen LogP contribution is -2.32. The maximum atomic E-state index is 12.3. The van der Waals surface area contributed by atoms with E-state index >= 15 is 0 Å². The minimum atomic E-state index is -3.63. The number of rotatable bonds is 8. The largest absolute Gasteiger partial charge is 0.377 e. The molecule has 1 saturated heterocycles. The molecule has 1 aromatic heterocycles. The van der Waals surface area contributed by atoms with Crippen molar-refractivity contribution in [3.05, 3.63) is 40.4 Å². The number of hydrogen-bond acceptors (Lipinski definition) is 6. The molecule has 2 heterocycles. The number of sulfonamides is 1. The van der Waals surface area contributed by atoms with Crippen molar-refractivity contribution < 1.29 is 17.9 Å². The van der Waals surface area contributed by atoms with Crippen LogP contribution in [-0.4, -0.2) is 54.9 Å². The Labute approximate surface area is 168 Å². The molecule has 0 radical (unpaired) electrons. The Balaban J connectivity index is 1.53. The van der Waals surface area contributed by atoms with Gasteiger partial charge in [-0.05, 0) is 49.3 Å². The van der Waals surface area contributed by atoms with E-state index in [1.165, 1.54) is 24.3 Å². The molecule has 0 bridgehead atoms. The smallest absolute Gasteiger partial charge is 0.251 e. The van der Waals surface area contributed by atoms with Gasteiger partial charge in [0.25, 0.3) is 5.91 Å². The summed E-state index contributed by atoms with van der Waals surface area (Å²) in [6, 6.07) is 5.82. The lowest BCUT2D eigenvalue weighted by molar-refractivity contribution is 0.0953. The molecule has 28 heavy (non-hydrogen) atoms. The first kappa shape index (κ1) is 20.6. The number of ether oxygens (including phenoxy) is 1. The molecule has 1 unspecified atom stereocenters. The minimum Gasteiger partial charge on any atom is -0.377 e. The van der Waals surface area contributed by atoms with Crippen LogP contribution in [0, 0.1) is 4.77 Å². The summed E-state index contributed by atoms with van der Waals surface area (Å²) in [5.41, 5.74) is 0.383. The molecule has 1 atom stereocenters. The normalized spacial score (nSPS) is 17.0. The molecule has 0 aliphatic carbocycles. The Kier molecular flexibility index (Phi) is 6.60. The number of carbonyl (C=O) groups is 1. The third kappa shape index (κ3) is 5.04. The van der Waals surface area contributed by atoms with Gasteiger partial charge in [-0.25, -0.2) is 13.1 Å². The van der Waals surface area contributed by atoms with Crippen molar-refractivity contribution in [1.82, 2.24) is 24.8 Å². The molecular weight excluding hydrogens is 402 g/mol. The summed E-state index contributed by atoms with van der Waals surface area (Å²) in [5, 5.41) is 9.55. The van der Waals surface area contributed by atoms with Gasteiger partial charge in [0.05, 0.1) is 11.0 Å². The number of nitrogens with one attached hydrogen (secondary N) is 3. The van der Waals surface area contributed by atoms with E-state index in [2.05, 4.69) is 20.2 Å². The molecule has 1 aliphatic heterocycles. The molecule has 3 N–H and O–H groups in total. The number of hydrogen-bond donors (Lipinski definition) is 3. The lowest BCUT2D eigenvalue weighted by Gasteiger charge is -2.11. The van der Waals surface area contributed by atoms with Crippen molar-refractivity contribution in [1.29, 1.82) is 0 Å². The van der Waals surface area contributed by atoms with Crippen molar-refractivity contribution in [2.45, 2.75) is 30.3 Å². The summed E-state index contributed by atoms with van der Waals surface area (Å²) in [7, 11) is -1.83. The Morgan fingerprint density at radius 2 is 2.14 bits per heavy atom. The summed E-state index contributed by atoms with van der Waals surface area (Å²) in [6.07, 6.45) is 2.25. The third-order valence-corrected chi connectivity index (χ3v) is 6.36. The van der Waals surface area contributed by atoms with E-state index in [0.29, 0.717) is 29.9 Å². The molecule has 11 heteroatoms. The van der Waals surface area contributed by atoms with Gasteiger partial charge in [0.1, 0.15) is 5.82 Å². The second-order valence-corrected chi connectivity index (χ2v) is 8.67. The van der Waals surface area contributed by atoms with Crippen LogP contribution in [0.25, 0.3) is 0 Å². The average molecular weight is 426 g/mol. The number of aromatic amines is 1. The molecule has 152 valence electrons. The Morgan fingerprint density at radius 3 is 2.75 bits per heavy atom. The number of H-pyrrole nitrogens is 1. The van der Waals surface area contributed by atoms with E-state index in [1.54, 1.807) is 11.6 Å². The van der Waals surface area contributed by atoms with Gasteiger partial charge in [-0.2, -0.15) is 5.10 Å². The van der Waals surface area contributed by atoms with Crippen molar-refractivity contribution in [2.24, 2.45) is 7.05 Å². The fourth-order valence-corrected chi connectivity index (χ4v) is 4.09. The highest BCUT2D eigenvalue weighted by atomic mass is 32.2. The van der Waals surface area contributed by atoms with Gasteiger partial charge in [-0.15, -0.1) is 0 Å². The van der Waals surface area contributed by atoms with Crippen LogP contribution in [0.1, 0.15) is 29.0 Å². The highest BCUT2D eigenvalue weighted by Gasteiger charge is 2.20. The highest BCUT2D eigenvalue weighted by molar-refractivity contribution is 7.89. The Morgan fingerprint density at radius 1 is 1.39 bits per heavy atom. The van der Waals surface area contributed by atoms with E-state index in [9.17, 15) is 13.2 Å². The van der Waals surface area contributed by atoms with Gasteiger partial charge in [0.2, 0.25) is 10.0 Å². The predicted octanol–water partition coefficient (Wildman–Crippen LogP) is 0.907. The Hall–Kier alpha value is -2.08. The zero-order chi connectivity index (χ0) is 20.1. The zero-order valence-electron chi connectivity index (χ0n) is 15.5. The standard InChI is InChI=1S/C17H23N5O4S2/c1-22-15(20-21-17(22)27)8-9-18-16(23)12-4-6-14(7-5-12)28(24,25)19-11-13-3-2-10-26-13/h4-7,13,19H,2-3,8-11H2,1H3,(H,18,23)(H,21,27). The molecule has 3 rings (SSSR count). The van der Waals surface area contributed by atoms with Crippen LogP contribution >= 0.6 is 12.2 Å². The second kappa shape index (κ2) is 8.95. The first-order chi connectivity index (χ1) is 13.4. The van der Waals surface area contributed by atoms with Gasteiger partial charge >= 0.3 is 0 Å². The summed E-state index contributed by atoms with van der Waals surface area (Å²) < 4.78 is 34.9. The van der Waals surface area contributed by atoms with Crippen LogP contribution in [0.15, 0.2) is 29.2 Å². The molecule has 1 amide bonds. The van der Waals surface area contributed by atoms with Crippen molar-refractivity contribution in [3.63, 3.8) is 0 Å². The molecule has 0 saturated carbocycles. The fourth-order valence-electron chi connectivity index (χ4n) is 2.87. The molecule has 2 aromatic rings. The molecular formula is C17H23N5O4S2. The summed E-state index contributed by atoms with van der Waals surface area (Å²) in [4.78, 5) is 12.4. The van der Waals surface area contributed by atoms with E-state index in [0.717, 1.165) is 18.7 Å². The number of nitrogens with zero attached hydrogens (tertiary/aromatic N) is 2.